The molecule has 0 spiro atoms. The zero-order valence-electron chi connectivity index (χ0n) is 8.88. The van der Waals surface area contributed by atoms with Crippen molar-refractivity contribution in [3.05, 3.63) is 46.0 Å². The largest absolute Gasteiger partial charge is 3.00 e. The van der Waals surface area contributed by atoms with Crippen molar-refractivity contribution in [2.45, 2.75) is 0 Å². The summed E-state index contributed by atoms with van der Waals surface area (Å²) in [6, 6.07) is 0. The van der Waals surface area contributed by atoms with Crippen LogP contribution in [0.25, 0.3) is 0 Å². The minimum atomic E-state index is -1.75. The van der Waals surface area contributed by atoms with E-state index in [4.69, 9.17) is 46.0 Å². The Morgan fingerprint density at radius 1 is 0.444 bits per heavy atom. The summed E-state index contributed by atoms with van der Waals surface area (Å²) in [7, 11) is 0. The van der Waals surface area contributed by atoms with E-state index in [0.717, 1.165) is 0 Å². The van der Waals surface area contributed by atoms with E-state index >= 15 is 0 Å². The second-order valence-corrected chi connectivity index (χ2v) is 0.671. The minimum absolute atomic E-state index is 0. The Hall–Kier alpha value is -2.09. The molecule has 0 aliphatic carbocycles. The van der Waals surface area contributed by atoms with Gasteiger partial charge in [0.2, 0.25) is 0 Å². The van der Waals surface area contributed by atoms with Crippen LogP contribution in [-0.2, 0) is 16.8 Å². The van der Waals surface area contributed by atoms with Gasteiger partial charge in [0, 0.05) is 0 Å². The molecule has 0 atom stereocenters. The molecule has 0 fully saturated rings. The van der Waals surface area contributed by atoms with Gasteiger partial charge in [-0.1, -0.05) is 0 Å². The Balaban J connectivity index is -0.00000000827. The molecule has 0 aliphatic rings. The Labute approximate surface area is 110 Å². The first-order chi connectivity index (χ1) is 5.20. The van der Waals surface area contributed by atoms with Crippen molar-refractivity contribution in [1.82, 2.24) is 30.8 Å². The van der Waals surface area contributed by atoms with Crippen LogP contribution < -0.4 is 30.8 Å². The van der Waals surface area contributed by atoms with Gasteiger partial charge in [-0.15, -0.1) is 0 Å². The van der Waals surface area contributed by atoms with Gasteiger partial charge < -0.3 is 76.7 Å². The molecule has 0 aromatic heterocycles. The molecule has 0 heterocycles. The van der Waals surface area contributed by atoms with Crippen LogP contribution in [0.3, 0.4) is 0 Å². The predicted molar refractivity (Wildman–Crippen MR) is 56.2 cm³/mol. The van der Waals surface area contributed by atoms with Gasteiger partial charge in [0.15, 0.2) is 0 Å². The van der Waals surface area contributed by atoms with Gasteiger partial charge >= 0.3 is 16.8 Å². The van der Waals surface area contributed by atoms with Crippen LogP contribution in [-0.4, -0.2) is 15.3 Å². The van der Waals surface area contributed by atoms with Gasteiger partial charge in [-0.2, -0.15) is 0 Å². The van der Waals surface area contributed by atoms with E-state index in [0.29, 0.717) is 0 Å². The van der Waals surface area contributed by atoms with Crippen molar-refractivity contribution in [2.24, 2.45) is 0 Å². The fraction of sp³-hybridized carbons (Fsp3) is 0. The third-order valence-corrected chi connectivity index (χ3v) is 0. The van der Waals surface area contributed by atoms with E-state index in [1.807, 2.05) is 0 Å². The topological polar surface area (TPSA) is 374 Å². The summed E-state index contributed by atoms with van der Waals surface area (Å²) in [6.07, 6.45) is 0. The van der Waals surface area contributed by atoms with Crippen LogP contribution in [0, 0.1) is 46.0 Å². The molecule has 18 heavy (non-hydrogen) atoms. The SMILES string of the molecule is N.N.N.N.N.O=[N+]([O-])[O-].O=[N+]([O-])[O-].O=[N+]([O-])[O-].[Co+3]. The number of hydrogen-bond acceptors (Lipinski definition) is 14. The average Bonchev–Trinajstić information content (AvgIpc) is 1.54. The van der Waals surface area contributed by atoms with Crippen molar-refractivity contribution in [3.63, 3.8) is 0 Å². The maximum atomic E-state index is 8.25. The maximum Gasteiger partial charge on any atom is 3.00 e. The number of hydrogen-bond donors (Lipinski definition) is 5. The van der Waals surface area contributed by atoms with E-state index in [2.05, 4.69) is 0 Å². The molecule has 0 unspecified atom stereocenters. The summed E-state index contributed by atoms with van der Waals surface area (Å²) < 4.78 is 0. The van der Waals surface area contributed by atoms with Gasteiger partial charge in [-0.3, -0.25) is 0 Å². The maximum absolute atomic E-state index is 8.25. The van der Waals surface area contributed by atoms with Crippen LogP contribution in [0.4, 0.5) is 0 Å². The smallest absolute Gasteiger partial charge is 0.356 e. The predicted octanol–water partition coefficient (Wildman–Crippen LogP) is 0.0902. The van der Waals surface area contributed by atoms with E-state index in [-0.39, 0.29) is 47.5 Å². The molecule has 0 radical (unpaired) electrons. The molecule has 0 saturated heterocycles. The molecular weight excluding hydrogens is 315 g/mol. The molecule has 15 N–H and O–H groups in total. The Morgan fingerprint density at radius 2 is 0.444 bits per heavy atom. The molecule has 0 rings (SSSR count). The molecule has 0 aliphatic heterocycles. The minimum Gasteiger partial charge on any atom is -0.356 e. The normalized spacial score (nSPS) is 4.00. The first kappa shape index (κ1) is 74.1. The molecule has 17 nitrogen and oxygen atoms in total. The molecule has 0 amide bonds. The van der Waals surface area contributed by atoms with Crippen LogP contribution >= 0.6 is 0 Å². The summed E-state index contributed by atoms with van der Waals surface area (Å²) in [5.41, 5.74) is 0. The van der Waals surface area contributed by atoms with E-state index < -0.39 is 15.3 Å². The van der Waals surface area contributed by atoms with Crippen LogP contribution in [0.5, 0.6) is 0 Å². The standard InChI is InChI=1S/Co.3NO3.5H3N/c;3*2-1(3)4;;;;;/h;;;;5*1H3/q+3;3*-1;;;;;. The second kappa shape index (κ2) is 60.4. The van der Waals surface area contributed by atoms with Crippen molar-refractivity contribution in [1.29, 1.82) is 0 Å². The quantitative estimate of drug-likeness (QED) is 0.290. The van der Waals surface area contributed by atoms with E-state index in [1.165, 1.54) is 0 Å². The van der Waals surface area contributed by atoms with Gasteiger partial charge in [-0.25, -0.2) is 0 Å². The van der Waals surface area contributed by atoms with Gasteiger partial charge in [-0.05, 0) is 0 Å². The molecule has 118 valence electrons. The fourth-order valence-corrected chi connectivity index (χ4v) is 0. The molecule has 0 aromatic carbocycles. The summed E-state index contributed by atoms with van der Waals surface area (Å²) in [6.45, 7) is 0. The third kappa shape index (κ3) is 529. The van der Waals surface area contributed by atoms with Gasteiger partial charge in [0.05, 0.1) is 15.3 Å². The zero-order chi connectivity index (χ0) is 10.7. The van der Waals surface area contributed by atoms with E-state index in [9.17, 15) is 0 Å². The Kier molecular flexibility index (Phi) is 249. The summed E-state index contributed by atoms with van der Waals surface area (Å²) >= 11 is 0. The molecule has 18 heteroatoms. The van der Waals surface area contributed by atoms with E-state index in [1.54, 1.807) is 0 Å². The third-order valence-electron chi connectivity index (χ3n) is 0. The van der Waals surface area contributed by atoms with Crippen molar-refractivity contribution in [3.8, 4) is 0 Å². The molecule has 0 aromatic rings. The molecule has 0 saturated carbocycles. The first-order valence-electron chi connectivity index (χ1n) is 1.64. The Morgan fingerprint density at radius 3 is 0.444 bits per heavy atom. The average molecular weight is 330 g/mol. The zero-order valence-corrected chi connectivity index (χ0v) is 9.93. The van der Waals surface area contributed by atoms with Gasteiger partial charge in [0.25, 0.3) is 0 Å². The number of nitrogens with zero attached hydrogens (tertiary/aromatic N) is 3. The van der Waals surface area contributed by atoms with Gasteiger partial charge in [0.1, 0.15) is 0 Å². The summed E-state index contributed by atoms with van der Waals surface area (Å²) in [4.78, 5) is 24.8. The van der Waals surface area contributed by atoms with Crippen LogP contribution in [0.2, 0.25) is 0 Å². The monoisotopic (exact) mass is 330 g/mol. The Bertz CT molecular complexity index is 120. The first-order valence-corrected chi connectivity index (χ1v) is 1.64. The molecular formula is H15CoN8O9. The van der Waals surface area contributed by atoms with Crippen LogP contribution in [0.1, 0.15) is 0 Å². The fourth-order valence-electron chi connectivity index (χ4n) is 0. The molecule has 0 bridgehead atoms. The van der Waals surface area contributed by atoms with Crippen molar-refractivity contribution in [2.75, 3.05) is 0 Å². The van der Waals surface area contributed by atoms with Crippen molar-refractivity contribution < 1.29 is 32.0 Å². The van der Waals surface area contributed by atoms with Crippen LogP contribution in [0.15, 0.2) is 0 Å². The second-order valence-electron chi connectivity index (χ2n) is 0.671. The summed E-state index contributed by atoms with van der Waals surface area (Å²) in [5.74, 6) is 0. The van der Waals surface area contributed by atoms with Crippen molar-refractivity contribution >= 4 is 0 Å². The number of rotatable bonds is 0. The summed E-state index contributed by atoms with van der Waals surface area (Å²) in [5, 5.41) is 44.2.